The second-order valence-corrected chi connectivity index (χ2v) is 5.96. The molecule has 108 valence electrons. The van der Waals surface area contributed by atoms with Gasteiger partial charge >= 0.3 is 6.03 Å². The van der Waals surface area contributed by atoms with Gasteiger partial charge in [0.05, 0.1) is 5.75 Å². The topological polar surface area (TPSA) is 68.2 Å². The van der Waals surface area contributed by atoms with Crippen molar-refractivity contribution in [1.82, 2.24) is 15.3 Å². The minimum atomic E-state index is -0.366. The standard InChI is InChI=1S/C13H13N5O2S/c1-16-11-10(14-12-18(15-11)9(19)7-21-12)17(13(16)20)8-5-3-2-4-6-8/h2-6,10-11,15H,7H2,1H3. The average Bonchev–Trinajstić information content (AvgIpc) is 2.98. The number of benzene rings is 1. The van der Waals surface area contributed by atoms with Gasteiger partial charge in [0.25, 0.3) is 5.91 Å². The Labute approximate surface area is 125 Å². The summed E-state index contributed by atoms with van der Waals surface area (Å²) in [5.41, 5.74) is 3.90. The normalized spacial score (nSPS) is 27.9. The minimum Gasteiger partial charge on any atom is -0.306 e. The van der Waals surface area contributed by atoms with E-state index in [1.807, 2.05) is 30.3 Å². The maximum absolute atomic E-state index is 12.5. The van der Waals surface area contributed by atoms with E-state index in [9.17, 15) is 9.59 Å². The summed E-state index contributed by atoms with van der Waals surface area (Å²) in [5, 5.41) is 2.08. The van der Waals surface area contributed by atoms with Crippen molar-refractivity contribution in [3.8, 4) is 0 Å². The van der Waals surface area contributed by atoms with E-state index in [0.717, 1.165) is 5.69 Å². The zero-order valence-corrected chi connectivity index (χ0v) is 12.1. The van der Waals surface area contributed by atoms with Crippen molar-refractivity contribution >= 4 is 34.6 Å². The Kier molecular flexibility index (Phi) is 2.69. The molecule has 7 nitrogen and oxygen atoms in total. The Balaban J connectivity index is 1.76. The molecule has 0 aliphatic carbocycles. The monoisotopic (exact) mass is 303 g/mol. The van der Waals surface area contributed by atoms with Gasteiger partial charge in [-0.1, -0.05) is 30.0 Å². The lowest BCUT2D eigenvalue weighted by molar-refractivity contribution is -0.127. The van der Waals surface area contributed by atoms with Gasteiger partial charge < -0.3 is 4.90 Å². The van der Waals surface area contributed by atoms with Gasteiger partial charge in [-0.25, -0.2) is 14.8 Å². The molecule has 3 aliphatic rings. The van der Waals surface area contributed by atoms with Crippen molar-refractivity contribution in [1.29, 1.82) is 0 Å². The molecule has 2 fully saturated rings. The van der Waals surface area contributed by atoms with Crippen molar-refractivity contribution < 1.29 is 9.59 Å². The average molecular weight is 303 g/mol. The second kappa shape index (κ2) is 4.47. The van der Waals surface area contributed by atoms with Gasteiger partial charge in [-0.15, -0.1) is 0 Å². The quantitative estimate of drug-likeness (QED) is 0.827. The number of hydrazine groups is 1. The smallest absolute Gasteiger partial charge is 0.306 e. The fourth-order valence-corrected chi connectivity index (χ4v) is 3.55. The molecule has 1 N–H and O–H groups in total. The molecule has 0 radical (unpaired) electrons. The molecule has 2 unspecified atom stereocenters. The van der Waals surface area contributed by atoms with Crippen LogP contribution in [0.15, 0.2) is 35.3 Å². The Hall–Kier alpha value is -2.06. The predicted octanol–water partition coefficient (Wildman–Crippen LogP) is 0.660. The van der Waals surface area contributed by atoms with Gasteiger partial charge in [0.2, 0.25) is 0 Å². The first kappa shape index (κ1) is 12.7. The van der Waals surface area contributed by atoms with Crippen molar-refractivity contribution in [3.63, 3.8) is 0 Å². The van der Waals surface area contributed by atoms with E-state index in [1.165, 1.54) is 16.8 Å². The number of anilines is 1. The van der Waals surface area contributed by atoms with Crippen LogP contribution < -0.4 is 10.3 Å². The number of para-hydroxylation sites is 1. The van der Waals surface area contributed by atoms with E-state index in [0.29, 0.717) is 10.9 Å². The van der Waals surface area contributed by atoms with Crippen LogP contribution in [-0.2, 0) is 4.79 Å². The summed E-state index contributed by atoms with van der Waals surface area (Å²) in [6, 6.07) is 9.32. The highest BCUT2D eigenvalue weighted by atomic mass is 32.2. The van der Waals surface area contributed by atoms with Crippen molar-refractivity contribution in [3.05, 3.63) is 30.3 Å². The Morgan fingerprint density at radius 3 is 2.81 bits per heavy atom. The number of thioether (sulfide) groups is 1. The van der Waals surface area contributed by atoms with Crippen molar-refractivity contribution in [2.45, 2.75) is 12.3 Å². The van der Waals surface area contributed by atoms with Crippen LogP contribution in [0.1, 0.15) is 0 Å². The second-order valence-electron chi connectivity index (χ2n) is 5.02. The number of aliphatic imine (C=N–C) groups is 1. The number of fused-ring (bicyclic) bond motifs is 2. The summed E-state index contributed by atoms with van der Waals surface area (Å²) in [6.45, 7) is 0. The third-order valence-electron chi connectivity index (χ3n) is 3.78. The van der Waals surface area contributed by atoms with Gasteiger partial charge in [-0.3, -0.25) is 9.69 Å². The molecule has 0 bridgehead atoms. The van der Waals surface area contributed by atoms with E-state index in [4.69, 9.17) is 0 Å². The number of amidine groups is 1. The number of hydrogen-bond acceptors (Lipinski definition) is 5. The molecule has 4 rings (SSSR count). The van der Waals surface area contributed by atoms with Crippen molar-refractivity contribution in [2.24, 2.45) is 4.99 Å². The lowest BCUT2D eigenvalue weighted by Crippen LogP contribution is -2.59. The van der Waals surface area contributed by atoms with E-state index in [-0.39, 0.29) is 24.3 Å². The van der Waals surface area contributed by atoms with Crippen LogP contribution in [0.2, 0.25) is 0 Å². The Bertz CT molecular complexity index is 649. The van der Waals surface area contributed by atoms with E-state index < -0.39 is 0 Å². The highest BCUT2D eigenvalue weighted by molar-refractivity contribution is 8.15. The first-order valence-corrected chi connectivity index (χ1v) is 7.56. The number of urea groups is 1. The Morgan fingerprint density at radius 1 is 1.29 bits per heavy atom. The van der Waals surface area contributed by atoms with Crippen LogP contribution in [0.4, 0.5) is 10.5 Å². The largest absolute Gasteiger partial charge is 0.327 e. The highest BCUT2D eigenvalue weighted by Crippen LogP contribution is 2.33. The zero-order chi connectivity index (χ0) is 14.6. The molecule has 0 aromatic heterocycles. The first-order chi connectivity index (χ1) is 10.2. The maximum Gasteiger partial charge on any atom is 0.327 e. The number of rotatable bonds is 1. The molecule has 0 saturated carbocycles. The van der Waals surface area contributed by atoms with Gasteiger partial charge in [0, 0.05) is 12.7 Å². The lowest BCUT2D eigenvalue weighted by Gasteiger charge is -2.33. The number of nitrogens with one attached hydrogen (secondary N) is 1. The molecule has 0 spiro atoms. The predicted molar refractivity (Wildman–Crippen MR) is 79.5 cm³/mol. The number of carbonyl (C=O) groups excluding carboxylic acids is 2. The molecular weight excluding hydrogens is 290 g/mol. The lowest BCUT2D eigenvalue weighted by atomic mass is 10.2. The molecule has 2 saturated heterocycles. The van der Waals surface area contributed by atoms with Crippen LogP contribution in [-0.4, -0.2) is 52.1 Å². The number of amides is 3. The maximum atomic E-state index is 12.5. The van der Waals surface area contributed by atoms with Crippen LogP contribution >= 0.6 is 11.8 Å². The van der Waals surface area contributed by atoms with Crippen LogP contribution in [0.25, 0.3) is 0 Å². The van der Waals surface area contributed by atoms with Crippen molar-refractivity contribution in [2.75, 3.05) is 17.7 Å². The fourth-order valence-electron chi connectivity index (χ4n) is 2.71. The summed E-state index contributed by atoms with van der Waals surface area (Å²) in [7, 11) is 1.71. The summed E-state index contributed by atoms with van der Waals surface area (Å²) in [5.74, 6) is 0.352. The molecule has 3 aliphatic heterocycles. The highest BCUT2D eigenvalue weighted by Gasteiger charge is 2.50. The molecule has 3 amide bonds. The first-order valence-electron chi connectivity index (χ1n) is 6.57. The van der Waals surface area contributed by atoms with Gasteiger partial charge in [0.15, 0.2) is 11.3 Å². The molecule has 3 heterocycles. The minimum absolute atomic E-state index is 0.0313. The molecular formula is C13H13N5O2S. The summed E-state index contributed by atoms with van der Waals surface area (Å²) in [4.78, 5) is 32.1. The zero-order valence-electron chi connectivity index (χ0n) is 11.3. The molecule has 1 aromatic rings. The van der Waals surface area contributed by atoms with Crippen LogP contribution in [0.5, 0.6) is 0 Å². The Morgan fingerprint density at radius 2 is 2.05 bits per heavy atom. The van der Waals surface area contributed by atoms with Gasteiger partial charge in [-0.2, -0.15) is 5.43 Å². The van der Waals surface area contributed by atoms with E-state index in [2.05, 4.69) is 10.4 Å². The number of carbonyl (C=O) groups is 2. The fraction of sp³-hybridized carbons (Fsp3) is 0.308. The molecule has 21 heavy (non-hydrogen) atoms. The van der Waals surface area contributed by atoms with Crippen LogP contribution in [0.3, 0.4) is 0 Å². The van der Waals surface area contributed by atoms with E-state index >= 15 is 0 Å². The molecule has 8 heteroatoms. The SMILES string of the molecule is CN1C(=O)N(c2ccccc2)C2N=C3SCC(=O)N3NC21. The van der Waals surface area contributed by atoms with Gasteiger partial charge in [-0.05, 0) is 12.1 Å². The number of likely N-dealkylation sites (N-methyl/N-ethyl adjacent to an activating group) is 1. The van der Waals surface area contributed by atoms with Crippen LogP contribution in [0, 0.1) is 0 Å². The molecule has 1 aromatic carbocycles. The summed E-state index contributed by atoms with van der Waals surface area (Å²) in [6.07, 6.45) is -0.710. The van der Waals surface area contributed by atoms with Gasteiger partial charge in [0.1, 0.15) is 6.17 Å². The third-order valence-corrected chi connectivity index (χ3v) is 4.71. The summed E-state index contributed by atoms with van der Waals surface area (Å²) >= 11 is 1.39. The third kappa shape index (κ3) is 1.76. The molecule has 2 atom stereocenters. The van der Waals surface area contributed by atoms with E-state index in [1.54, 1.807) is 16.8 Å². The number of nitrogens with zero attached hydrogens (tertiary/aromatic N) is 4. The number of hydrogen-bond donors (Lipinski definition) is 1. The summed E-state index contributed by atoms with van der Waals surface area (Å²) < 4.78 is 0.